The summed E-state index contributed by atoms with van der Waals surface area (Å²) in [6, 6.07) is 9.77. The Kier molecular flexibility index (Phi) is 9.39. The Morgan fingerprint density at radius 1 is 1.17 bits per heavy atom. The summed E-state index contributed by atoms with van der Waals surface area (Å²) in [7, 11) is 1.66. The summed E-state index contributed by atoms with van der Waals surface area (Å²) in [5.74, 6) is 1.59. The largest absolute Gasteiger partial charge is 0.497 e. The quantitative estimate of drug-likeness (QED) is 0.266. The number of rotatable bonds is 8. The predicted molar refractivity (Wildman–Crippen MR) is 129 cm³/mol. The Balaban J connectivity index is 0.00000300. The summed E-state index contributed by atoms with van der Waals surface area (Å²) in [4.78, 5) is 10.4. The fourth-order valence-electron chi connectivity index (χ4n) is 2.58. The number of hydrogen-bond acceptors (Lipinski definition) is 5. The van der Waals surface area contributed by atoms with Crippen LogP contribution in [0.5, 0.6) is 5.75 Å². The van der Waals surface area contributed by atoms with E-state index in [0.717, 1.165) is 41.1 Å². The van der Waals surface area contributed by atoms with Crippen molar-refractivity contribution in [3.63, 3.8) is 0 Å². The number of nitrogens with one attached hydrogen (secondary N) is 2. The maximum atomic E-state index is 5.20. The molecule has 2 heterocycles. The third kappa shape index (κ3) is 6.70. The lowest BCUT2D eigenvalue weighted by Crippen LogP contribution is -2.36. The van der Waals surface area contributed by atoms with Crippen LogP contribution in [0.4, 0.5) is 0 Å². The van der Waals surface area contributed by atoms with Crippen LogP contribution >= 0.6 is 35.3 Å². The lowest BCUT2D eigenvalue weighted by atomic mass is 10.3. The van der Waals surface area contributed by atoms with Crippen LogP contribution < -0.4 is 15.4 Å². The minimum Gasteiger partial charge on any atom is -0.497 e. The Bertz CT molecular complexity index is 906. The van der Waals surface area contributed by atoms with Crippen LogP contribution in [0.1, 0.15) is 29.4 Å². The highest BCUT2D eigenvalue weighted by atomic mass is 127. The fraction of sp³-hybridized carbons (Fsp3) is 0.350. The Morgan fingerprint density at radius 2 is 1.97 bits per heavy atom. The molecule has 9 heteroatoms. The van der Waals surface area contributed by atoms with Gasteiger partial charge in [-0.25, -0.2) is 14.7 Å². The first-order valence-corrected chi connectivity index (χ1v) is 10.2. The van der Waals surface area contributed by atoms with Gasteiger partial charge in [0.05, 0.1) is 31.6 Å². The molecule has 0 bridgehead atoms. The number of hydrogen-bond donors (Lipinski definition) is 2. The standard InChI is InChI=1S/C20H26N6OS.HI/c1-4-18-13-22-19(28-18)14-24-20(21-5-2)23-12-15-10-11-26(25-15)16-6-8-17(27-3)9-7-16;/h6-11,13H,4-5,12,14H2,1-3H3,(H2,21,23,24);1H. The summed E-state index contributed by atoms with van der Waals surface area (Å²) in [5, 5.41) is 12.3. The zero-order valence-electron chi connectivity index (χ0n) is 16.9. The van der Waals surface area contributed by atoms with E-state index in [9.17, 15) is 0 Å². The number of aromatic nitrogens is 3. The molecule has 0 atom stereocenters. The van der Waals surface area contributed by atoms with Crippen LogP contribution in [0.15, 0.2) is 47.7 Å². The first kappa shape index (κ1) is 23.1. The van der Waals surface area contributed by atoms with E-state index in [2.05, 4.69) is 32.6 Å². The van der Waals surface area contributed by atoms with E-state index in [1.54, 1.807) is 18.4 Å². The molecule has 0 aliphatic carbocycles. The topological polar surface area (TPSA) is 76.4 Å². The molecule has 0 saturated carbocycles. The van der Waals surface area contributed by atoms with Crippen molar-refractivity contribution in [1.82, 2.24) is 25.4 Å². The van der Waals surface area contributed by atoms with Gasteiger partial charge in [0.25, 0.3) is 0 Å². The average molecular weight is 526 g/mol. The van der Waals surface area contributed by atoms with Crippen LogP contribution in [-0.4, -0.2) is 34.4 Å². The van der Waals surface area contributed by atoms with E-state index in [0.29, 0.717) is 13.1 Å². The van der Waals surface area contributed by atoms with Gasteiger partial charge >= 0.3 is 0 Å². The summed E-state index contributed by atoms with van der Waals surface area (Å²) in [6.07, 6.45) is 4.90. The molecule has 0 radical (unpaired) electrons. The smallest absolute Gasteiger partial charge is 0.191 e. The second-order valence-corrected chi connectivity index (χ2v) is 7.27. The molecule has 29 heavy (non-hydrogen) atoms. The number of aryl methyl sites for hydroxylation is 1. The minimum absolute atomic E-state index is 0. The highest BCUT2D eigenvalue weighted by Gasteiger charge is 2.05. The molecule has 2 N–H and O–H groups in total. The lowest BCUT2D eigenvalue weighted by molar-refractivity contribution is 0.414. The maximum absolute atomic E-state index is 5.20. The first-order chi connectivity index (χ1) is 13.7. The molecule has 7 nitrogen and oxygen atoms in total. The SMILES string of the molecule is CCNC(=NCc1ccn(-c2ccc(OC)cc2)n1)NCc1ncc(CC)s1.I. The van der Waals surface area contributed by atoms with Gasteiger partial charge in [-0.05, 0) is 43.7 Å². The molecule has 0 fully saturated rings. The van der Waals surface area contributed by atoms with Crippen molar-refractivity contribution < 1.29 is 4.74 Å². The molecule has 3 aromatic rings. The van der Waals surface area contributed by atoms with Gasteiger partial charge in [-0.1, -0.05) is 6.92 Å². The van der Waals surface area contributed by atoms with Gasteiger partial charge in [-0.3, -0.25) is 0 Å². The summed E-state index contributed by atoms with van der Waals surface area (Å²) < 4.78 is 7.04. The second kappa shape index (κ2) is 11.8. The zero-order valence-corrected chi connectivity index (χ0v) is 20.0. The number of halogens is 1. The fourth-order valence-corrected chi connectivity index (χ4v) is 3.38. The molecular formula is C20H27IN6OS. The third-order valence-electron chi connectivity index (χ3n) is 4.08. The number of nitrogens with zero attached hydrogens (tertiary/aromatic N) is 4. The van der Waals surface area contributed by atoms with Crippen LogP contribution in [0.25, 0.3) is 5.69 Å². The van der Waals surface area contributed by atoms with E-state index in [1.165, 1.54) is 4.88 Å². The van der Waals surface area contributed by atoms with Crippen LogP contribution in [0, 0.1) is 0 Å². The number of guanidine groups is 1. The minimum atomic E-state index is 0. The predicted octanol–water partition coefficient (Wildman–Crippen LogP) is 3.77. The number of benzene rings is 1. The molecule has 0 spiro atoms. The molecule has 0 aliphatic rings. The van der Waals surface area contributed by atoms with Crippen molar-refractivity contribution in [3.8, 4) is 11.4 Å². The Morgan fingerprint density at radius 3 is 2.62 bits per heavy atom. The van der Waals surface area contributed by atoms with Crippen molar-refractivity contribution in [2.75, 3.05) is 13.7 Å². The summed E-state index contributed by atoms with van der Waals surface area (Å²) in [5.41, 5.74) is 1.88. The van der Waals surface area contributed by atoms with Crippen LogP contribution in [-0.2, 0) is 19.5 Å². The van der Waals surface area contributed by atoms with E-state index in [-0.39, 0.29) is 24.0 Å². The molecule has 2 aromatic heterocycles. The molecule has 156 valence electrons. The normalized spacial score (nSPS) is 11.1. The summed E-state index contributed by atoms with van der Waals surface area (Å²) in [6.45, 7) is 6.15. The average Bonchev–Trinajstić information content (AvgIpc) is 3.39. The van der Waals surface area contributed by atoms with E-state index in [4.69, 9.17) is 4.74 Å². The Hall–Kier alpha value is -2.14. The van der Waals surface area contributed by atoms with Crippen molar-refractivity contribution >= 4 is 41.3 Å². The van der Waals surface area contributed by atoms with Gasteiger partial charge in [0.2, 0.25) is 0 Å². The van der Waals surface area contributed by atoms with Crippen LogP contribution in [0.3, 0.4) is 0 Å². The number of ether oxygens (including phenoxy) is 1. The van der Waals surface area contributed by atoms with Gasteiger partial charge < -0.3 is 15.4 Å². The molecule has 1 aromatic carbocycles. The molecule has 3 rings (SSSR count). The molecular weight excluding hydrogens is 499 g/mol. The number of methoxy groups -OCH3 is 1. The van der Waals surface area contributed by atoms with Crippen molar-refractivity contribution in [1.29, 1.82) is 0 Å². The molecule has 0 saturated heterocycles. The van der Waals surface area contributed by atoms with Crippen molar-refractivity contribution in [2.45, 2.75) is 33.4 Å². The highest BCUT2D eigenvalue weighted by molar-refractivity contribution is 14.0. The van der Waals surface area contributed by atoms with Gasteiger partial charge in [0.1, 0.15) is 10.8 Å². The first-order valence-electron chi connectivity index (χ1n) is 9.36. The molecule has 0 aliphatic heterocycles. The van der Waals surface area contributed by atoms with E-state index < -0.39 is 0 Å². The van der Waals surface area contributed by atoms with Gasteiger partial charge in [-0.2, -0.15) is 5.10 Å². The highest BCUT2D eigenvalue weighted by Crippen LogP contribution is 2.15. The van der Waals surface area contributed by atoms with Crippen molar-refractivity contribution in [2.24, 2.45) is 4.99 Å². The van der Waals surface area contributed by atoms with Gasteiger partial charge in [0, 0.05) is 23.8 Å². The third-order valence-corrected chi connectivity index (χ3v) is 5.22. The molecule has 0 amide bonds. The maximum Gasteiger partial charge on any atom is 0.191 e. The number of aliphatic imine (C=N–C) groups is 1. The van der Waals surface area contributed by atoms with E-state index >= 15 is 0 Å². The van der Waals surface area contributed by atoms with Gasteiger partial charge in [-0.15, -0.1) is 35.3 Å². The van der Waals surface area contributed by atoms with E-state index in [1.807, 2.05) is 54.3 Å². The Labute approximate surface area is 192 Å². The van der Waals surface area contributed by atoms with Crippen molar-refractivity contribution in [3.05, 3.63) is 58.3 Å². The van der Waals surface area contributed by atoms with Crippen LogP contribution in [0.2, 0.25) is 0 Å². The monoisotopic (exact) mass is 526 g/mol. The lowest BCUT2D eigenvalue weighted by Gasteiger charge is -2.09. The van der Waals surface area contributed by atoms with Gasteiger partial charge in [0.15, 0.2) is 5.96 Å². The number of thiazole rings is 1. The summed E-state index contributed by atoms with van der Waals surface area (Å²) >= 11 is 1.73. The zero-order chi connectivity index (χ0) is 19.8. The second-order valence-electron chi connectivity index (χ2n) is 6.07. The molecule has 0 unspecified atom stereocenters.